The lowest BCUT2D eigenvalue weighted by molar-refractivity contribution is -0.384. The third-order valence-corrected chi connectivity index (χ3v) is 4.83. The van der Waals surface area contributed by atoms with E-state index >= 15 is 0 Å². The lowest BCUT2D eigenvalue weighted by Gasteiger charge is -2.27. The van der Waals surface area contributed by atoms with E-state index in [0.29, 0.717) is 6.54 Å². The highest BCUT2D eigenvalue weighted by Crippen LogP contribution is 2.28. The van der Waals surface area contributed by atoms with Crippen LogP contribution in [0.2, 0.25) is 0 Å². The van der Waals surface area contributed by atoms with Gasteiger partial charge in [0, 0.05) is 29.8 Å². The fourth-order valence-electron chi connectivity index (χ4n) is 2.04. The average molecular weight is 305 g/mol. The van der Waals surface area contributed by atoms with E-state index in [4.69, 9.17) is 0 Å². The van der Waals surface area contributed by atoms with Crippen molar-refractivity contribution in [2.24, 2.45) is 0 Å². The van der Waals surface area contributed by atoms with Crippen LogP contribution in [-0.2, 0) is 12.1 Å². The largest absolute Gasteiger partial charge is 0.302 e. The Morgan fingerprint density at radius 2 is 2.24 bits per heavy atom. The molecular weight excluding hydrogens is 286 g/mol. The molecule has 0 spiro atoms. The second kappa shape index (κ2) is 6.32. The van der Waals surface area contributed by atoms with Crippen molar-refractivity contribution in [1.82, 2.24) is 10.3 Å². The third kappa shape index (κ3) is 3.65. The Balaban J connectivity index is 2.13. The number of nitro benzene ring substituents is 1. The van der Waals surface area contributed by atoms with Gasteiger partial charge >= 0.3 is 0 Å². The maximum atomic E-state index is 10.8. The number of thiazole rings is 1. The van der Waals surface area contributed by atoms with E-state index < -0.39 is 0 Å². The summed E-state index contributed by atoms with van der Waals surface area (Å²) in [6, 6.07) is 6.72. The molecule has 2 rings (SSSR count). The fourth-order valence-corrected chi connectivity index (χ4v) is 3.04. The molecule has 0 radical (unpaired) electrons. The molecule has 0 bridgehead atoms. The molecule has 112 valence electrons. The van der Waals surface area contributed by atoms with Crippen molar-refractivity contribution in [2.45, 2.75) is 39.3 Å². The van der Waals surface area contributed by atoms with E-state index in [1.165, 1.54) is 6.07 Å². The topological polar surface area (TPSA) is 68.1 Å². The highest BCUT2D eigenvalue weighted by molar-refractivity contribution is 7.09. The van der Waals surface area contributed by atoms with E-state index in [1.807, 2.05) is 18.4 Å². The minimum Gasteiger partial charge on any atom is -0.302 e. The molecule has 2 aromatic rings. The molecule has 0 unspecified atom stereocenters. The predicted octanol–water partition coefficient (Wildman–Crippen LogP) is 3.77. The van der Waals surface area contributed by atoms with Crippen LogP contribution >= 0.6 is 11.3 Å². The van der Waals surface area contributed by atoms with Crippen molar-refractivity contribution in [3.05, 3.63) is 56.0 Å². The van der Waals surface area contributed by atoms with Gasteiger partial charge in [0.15, 0.2) is 0 Å². The number of non-ortho nitro benzene ring substituents is 1. The molecule has 0 aliphatic heterocycles. The highest BCUT2D eigenvalue weighted by Gasteiger charge is 2.27. The fraction of sp³-hybridized carbons (Fsp3) is 0.400. The first-order valence-electron chi connectivity index (χ1n) is 6.85. The Hall–Kier alpha value is -1.79. The molecule has 1 heterocycles. The van der Waals surface area contributed by atoms with Crippen LogP contribution in [-0.4, -0.2) is 9.91 Å². The Bertz CT molecular complexity index is 641. The summed E-state index contributed by atoms with van der Waals surface area (Å²) in [7, 11) is 0. The number of nitrogens with one attached hydrogen (secondary N) is 1. The number of rotatable bonds is 6. The molecule has 1 atom stereocenters. The second-order valence-electron chi connectivity index (χ2n) is 5.26. The summed E-state index contributed by atoms with van der Waals surface area (Å²) in [6.07, 6.45) is 0.898. The molecule has 6 heteroatoms. The van der Waals surface area contributed by atoms with Gasteiger partial charge in [-0.15, -0.1) is 11.3 Å². The molecule has 0 saturated heterocycles. The predicted molar refractivity (Wildman–Crippen MR) is 84.4 cm³/mol. The van der Waals surface area contributed by atoms with Crippen LogP contribution in [0.4, 0.5) is 5.69 Å². The van der Waals surface area contributed by atoms with Crippen molar-refractivity contribution < 1.29 is 4.92 Å². The van der Waals surface area contributed by atoms with Crippen molar-refractivity contribution >= 4 is 17.0 Å². The molecule has 0 aliphatic rings. The van der Waals surface area contributed by atoms with Gasteiger partial charge in [-0.2, -0.15) is 0 Å². The van der Waals surface area contributed by atoms with Gasteiger partial charge in [0.05, 0.1) is 10.5 Å². The number of nitro groups is 1. The van der Waals surface area contributed by atoms with Crippen molar-refractivity contribution in [3.8, 4) is 0 Å². The number of benzene rings is 1. The van der Waals surface area contributed by atoms with Crippen molar-refractivity contribution in [1.29, 1.82) is 0 Å². The van der Waals surface area contributed by atoms with Crippen LogP contribution in [0.3, 0.4) is 0 Å². The normalized spacial score (nSPS) is 13.9. The summed E-state index contributed by atoms with van der Waals surface area (Å²) in [5.74, 6) is 0. The quantitative estimate of drug-likeness (QED) is 0.651. The van der Waals surface area contributed by atoms with Crippen LogP contribution in [0, 0.1) is 17.0 Å². The van der Waals surface area contributed by atoms with Crippen molar-refractivity contribution in [3.63, 3.8) is 0 Å². The van der Waals surface area contributed by atoms with E-state index in [1.54, 1.807) is 23.5 Å². The average Bonchev–Trinajstić information content (AvgIpc) is 2.92. The number of hydrogen-bond acceptors (Lipinski definition) is 5. The first-order valence-corrected chi connectivity index (χ1v) is 7.73. The maximum Gasteiger partial charge on any atom is 0.269 e. The summed E-state index contributed by atoms with van der Waals surface area (Å²) in [4.78, 5) is 15.0. The highest BCUT2D eigenvalue weighted by atomic mass is 32.1. The monoisotopic (exact) mass is 305 g/mol. The Morgan fingerprint density at radius 3 is 2.81 bits per heavy atom. The van der Waals surface area contributed by atoms with Crippen LogP contribution in [0.15, 0.2) is 29.6 Å². The molecule has 1 N–H and O–H groups in total. The van der Waals surface area contributed by atoms with Gasteiger partial charge in [0.2, 0.25) is 0 Å². The van der Waals surface area contributed by atoms with Gasteiger partial charge in [0.25, 0.3) is 5.69 Å². The van der Waals surface area contributed by atoms with E-state index in [2.05, 4.69) is 24.1 Å². The molecule has 21 heavy (non-hydrogen) atoms. The van der Waals surface area contributed by atoms with Crippen LogP contribution in [0.5, 0.6) is 0 Å². The lowest BCUT2D eigenvalue weighted by atomic mass is 9.99. The summed E-state index contributed by atoms with van der Waals surface area (Å²) >= 11 is 1.64. The maximum absolute atomic E-state index is 10.8. The van der Waals surface area contributed by atoms with Gasteiger partial charge in [0.1, 0.15) is 5.01 Å². The van der Waals surface area contributed by atoms with E-state index in [0.717, 1.165) is 22.7 Å². The smallest absolute Gasteiger partial charge is 0.269 e. The third-order valence-electron chi connectivity index (χ3n) is 3.60. The van der Waals surface area contributed by atoms with Crippen LogP contribution in [0.1, 0.15) is 36.5 Å². The molecule has 0 fully saturated rings. The molecule has 0 aliphatic carbocycles. The van der Waals surface area contributed by atoms with Crippen LogP contribution < -0.4 is 5.32 Å². The number of nitrogens with zero attached hydrogens (tertiary/aromatic N) is 2. The van der Waals surface area contributed by atoms with Gasteiger partial charge in [-0.25, -0.2) is 4.98 Å². The van der Waals surface area contributed by atoms with Crippen molar-refractivity contribution in [2.75, 3.05) is 0 Å². The molecule has 1 aromatic carbocycles. The first kappa shape index (κ1) is 15.6. The van der Waals surface area contributed by atoms with Gasteiger partial charge in [-0.1, -0.05) is 19.1 Å². The zero-order valence-corrected chi connectivity index (χ0v) is 13.2. The zero-order chi connectivity index (χ0) is 15.5. The minimum absolute atomic E-state index is 0.123. The Morgan fingerprint density at radius 1 is 1.48 bits per heavy atom. The second-order valence-corrected chi connectivity index (χ2v) is 6.12. The molecule has 5 nitrogen and oxygen atoms in total. The van der Waals surface area contributed by atoms with E-state index in [-0.39, 0.29) is 16.1 Å². The molecule has 0 saturated carbocycles. The standard InChI is InChI=1S/C15H19N3O2S/c1-4-15(3,14-17-11(2)10-21-14)16-9-12-6-5-7-13(8-12)18(19)20/h5-8,10,16H,4,9H2,1-3H3/t15-/m0/s1. The van der Waals surface area contributed by atoms with E-state index in [9.17, 15) is 10.1 Å². The molecule has 0 amide bonds. The Labute approximate surface area is 128 Å². The number of hydrogen-bond donors (Lipinski definition) is 1. The summed E-state index contributed by atoms with van der Waals surface area (Å²) in [5.41, 5.74) is 1.82. The summed E-state index contributed by atoms with van der Waals surface area (Å²) in [5, 5.41) is 17.4. The van der Waals surface area contributed by atoms with Gasteiger partial charge in [-0.3, -0.25) is 10.1 Å². The van der Waals surface area contributed by atoms with Crippen LogP contribution in [0.25, 0.3) is 0 Å². The SMILES string of the molecule is CC[C@](C)(NCc1cccc([N+](=O)[O-])c1)c1nc(C)cs1. The van der Waals surface area contributed by atoms with Gasteiger partial charge in [-0.05, 0) is 25.8 Å². The minimum atomic E-state index is -0.368. The molecular formula is C15H19N3O2S. The number of aryl methyl sites for hydroxylation is 1. The number of aromatic nitrogens is 1. The van der Waals surface area contributed by atoms with Gasteiger partial charge < -0.3 is 5.32 Å². The lowest BCUT2D eigenvalue weighted by Crippen LogP contribution is -2.38. The Kier molecular flexibility index (Phi) is 4.69. The zero-order valence-electron chi connectivity index (χ0n) is 12.4. The first-order chi connectivity index (χ1) is 9.94. The summed E-state index contributed by atoms with van der Waals surface area (Å²) in [6.45, 7) is 6.78. The summed E-state index contributed by atoms with van der Waals surface area (Å²) < 4.78 is 0. The molecule has 1 aromatic heterocycles.